The van der Waals surface area contributed by atoms with Gasteiger partial charge in [0, 0.05) is 6.54 Å². The Morgan fingerprint density at radius 1 is 1.23 bits per heavy atom. The molecule has 2 aromatic carbocycles. The number of hydrogen-bond donors (Lipinski definition) is 2. The second-order valence-electron chi connectivity index (χ2n) is 4.80. The fraction of sp³-hybridized carbons (Fsp3) is 0.188. The van der Waals surface area contributed by atoms with E-state index in [9.17, 15) is 18.7 Å². The maximum absolute atomic E-state index is 13.0. The predicted octanol–water partition coefficient (Wildman–Crippen LogP) is 3.36. The van der Waals surface area contributed by atoms with Crippen LogP contribution in [0.4, 0.5) is 8.78 Å². The van der Waals surface area contributed by atoms with E-state index < -0.39 is 23.6 Å². The lowest BCUT2D eigenvalue weighted by atomic mass is 10.1. The van der Waals surface area contributed by atoms with Crippen molar-refractivity contribution >= 4 is 17.5 Å². The van der Waals surface area contributed by atoms with E-state index >= 15 is 0 Å². The molecule has 116 valence electrons. The molecule has 22 heavy (non-hydrogen) atoms. The zero-order chi connectivity index (χ0) is 16.1. The van der Waals surface area contributed by atoms with Gasteiger partial charge in [0.25, 0.3) is 0 Å². The average Bonchev–Trinajstić information content (AvgIpc) is 2.48. The van der Waals surface area contributed by atoms with Crippen molar-refractivity contribution in [3.05, 3.63) is 70.2 Å². The highest BCUT2D eigenvalue weighted by molar-refractivity contribution is 6.30. The minimum Gasteiger partial charge on any atom is -0.388 e. The molecular formula is C16H14ClF2NO2. The van der Waals surface area contributed by atoms with Crippen molar-refractivity contribution in [2.24, 2.45) is 0 Å². The minimum atomic E-state index is -1.09. The van der Waals surface area contributed by atoms with Crippen LogP contribution in [0.25, 0.3) is 0 Å². The zero-order valence-electron chi connectivity index (χ0n) is 11.5. The first-order valence-corrected chi connectivity index (χ1v) is 6.97. The van der Waals surface area contributed by atoms with Crippen LogP contribution >= 0.6 is 11.6 Å². The Balaban J connectivity index is 1.88. The average molecular weight is 326 g/mol. The number of hydrogen-bond acceptors (Lipinski definition) is 2. The highest BCUT2D eigenvalue weighted by atomic mass is 35.5. The van der Waals surface area contributed by atoms with Gasteiger partial charge in [-0.1, -0.05) is 29.8 Å². The molecule has 0 saturated carbocycles. The van der Waals surface area contributed by atoms with Gasteiger partial charge in [0.1, 0.15) is 11.6 Å². The predicted molar refractivity (Wildman–Crippen MR) is 79.2 cm³/mol. The normalized spacial score (nSPS) is 12.0. The van der Waals surface area contributed by atoms with Crippen LogP contribution in [-0.2, 0) is 11.3 Å². The van der Waals surface area contributed by atoms with Crippen LogP contribution in [0.5, 0.6) is 0 Å². The Labute approximate surface area is 131 Å². The number of halogens is 3. The van der Waals surface area contributed by atoms with Gasteiger partial charge in [0.2, 0.25) is 5.91 Å². The van der Waals surface area contributed by atoms with E-state index in [1.807, 2.05) is 0 Å². The van der Waals surface area contributed by atoms with Crippen LogP contribution in [0.1, 0.15) is 23.7 Å². The van der Waals surface area contributed by atoms with E-state index in [0.29, 0.717) is 11.1 Å². The number of nitrogens with one attached hydrogen (secondary N) is 1. The third kappa shape index (κ3) is 4.51. The molecule has 1 unspecified atom stereocenters. The van der Waals surface area contributed by atoms with Gasteiger partial charge < -0.3 is 10.4 Å². The first-order chi connectivity index (χ1) is 10.5. The molecule has 0 radical (unpaired) electrons. The maximum atomic E-state index is 13.0. The van der Waals surface area contributed by atoms with Crippen molar-refractivity contribution in [2.75, 3.05) is 0 Å². The third-order valence-corrected chi connectivity index (χ3v) is 3.38. The second-order valence-corrected chi connectivity index (χ2v) is 5.21. The summed E-state index contributed by atoms with van der Waals surface area (Å²) in [7, 11) is 0. The molecule has 0 aromatic heterocycles. The van der Waals surface area contributed by atoms with E-state index in [0.717, 1.165) is 0 Å². The van der Waals surface area contributed by atoms with Crippen molar-refractivity contribution in [2.45, 2.75) is 19.1 Å². The number of carbonyl (C=O) groups is 1. The van der Waals surface area contributed by atoms with E-state index in [1.165, 1.54) is 36.4 Å². The van der Waals surface area contributed by atoms with Gasteiger partial charge >= 0.3 is 0 Å². The Bertz CT molecular complexity index is 679. The number of benzene rings is 2. The van der Waals surface area contributed by atoms with Crippen LogP contribution in [0, 0.1) is 11.6 Å². The Hall–Kier alpha value is -1.98. The summed E-state index contributed by atoms with van der Waals surface area (Å²) in [6.07, 6.45) is -1.29. The van der Waals surface area contributed by atoms with E-state index in [4.69, 9.17) is 11.6 Å². The number of carbonyl (C=O) groups excluding carboxylic acids is 1. The standard InChI is InChI=1S/C16H14ClF2NO2/c17-13-6-10(4-5-14(13)19)9-20-16(22)8-15(21)11-2-1-3-12(18)7-11/h1-7,15,21H,8-9H2,(H,20,22). The number of rotatable bonds is 5. The van der Waals surface area contributed by atoms with Gasteiger partial charge in [-0.25, -0.2) is 8.78 Å². The largest absolute Gasteiger partial charge is 0.388 e. The van der Waals surface area contributed by atoms with Gasteiger partial charge in [-0.3, -0.25) is 4.79 Å². The fourth-order valence-corrected chi connectivity index (χ4v) is 2.13. The minimum absolute atomic E-state index is 0.0217. The van der Waals surface area contributed by atoms with Crippen LogP contribution in [0.15, 0.2) is 42.5 Å². The molecular weight excluding hydrogens is 312 g/mol. The lowest BCUT2D eigenvalue weighted by Gasteiger charge is -2.11. The molecule has 0 spiro atoms. The molecule has 2 aromatic rings. The van der Waals surface area contributed by atoms with E-state index in [1.54, 1.807) is 6.07 Å². The highest BCUT2D eigenvalue weighted by Crippen LogP contribution is 2.18. The lowest BCUT2D eigenvalue weighted by molar-refractivity contribution is -0.123. The topological polar surface area (TPSA) is 49.3 Å². The van der Waals surface area contributed by atoms with Gasteiger partial charge in [-0.2, -0.15) is 0 Å². The van der Waals surface area contributed by atoms with Crippen LogP contribution < -0.4 is 5.32 Å². The van der Waals surface area contributed by atoms with Gasteiger partial charge in [-0.05, 0) is 35.4 Å². The van der Waals surface area contributed by atoms with Crippen LogP contribution in [-0.4, -0.2) is 11.0 Å². The summed E-state index contributed by atoms with van der Waals surface area (Å²) in [6.45, 7) is 0.161. The second kappa shape index (κ2) is 7.33. The third-order valence-electron chi connectivity index (χ3n) is 3.09. The molecule has 2 N–H and O–H groups in total. The molecule has 0 aliphatic heterocycles. The summed E-state index contributed by atoms with van der Waals surface area (Å²) in [5, 5.41) is 12.5. The van der Waals surface area contributed by atoms with Crippen molar-refractivity contribution in [1.82, 2.24) is 5.32 Å². The first-order valence-electron chi connectivity index (χ1n) is 6.60. The summed E-state index contributed by atoms with van der Waals surface area (Å²) >= 11 is 5.65. The van der Waals surface area contributed by atoms with Crippen LogP contribution in [0.3, 0.4) is 0 Å². The Morgan fingerprint density at radius 2 is 2.00 bits per heavy atom. The van der Waals surface area contributed by atoms with E-state index in [-0.39, 0.29) is 18.0 Å². The van der Waals surface area contributed by atoms with Crippen molar-refractivity contribution in [1.29, 1.82) is 0 Å². The summed E-state index contributed by atoms with van der Waals surface area (Å²) in [5.74, 6) is -1.41. The monoisotopic (exact) mass is 325 g/mol. The molecule has 0 heterocycles. The fourth-order valence-electron chi connectivity index (χ4n) is 1.93. The summed E-state index contributed by atoms with van der Waals surface area (Å²) in [4.78, 5) is 11.8. The van der Waals surface area contributed by atoms with E-state index in [2.05, 4.69) is 5.32 Å². The van der Waals surface area contributed by atoms with Crippen molar-refractivity contribution in [3.8, 4) is 0 Å². The molecule has 0 bridgehead atoms. The summed E-state index contributed by atoms with van der Waals surface area (Å²) in [5.41, 5.74) is 0.972. The Kier molecular flexibility index (Phi) is 5.46. The summed E-state index contributed by atoms with van der Waals surface area (Å²) < 4.78 is 26.1. The molecule has 3 nitrogen and oxygen atoms in total. The molecule has 0 aliphatic carbocycles. The molecule has 6 heteroatoms. The number of aliphatic hydroxyl groups is 1. The van der Waals surface area contributed by atoms with Gasteiger partial charge in [-0.15, -0.1) is 0 Å². The smallest absolute Gasteiger partial charge is 0.223 e. The van der Waals surface area contributed by atoms with Gasteiger partial charge in [0.15, 0.2) is 0 Å². The number of aliphatic hydroxyl groups excluding tert-OH is 1. The highest BCUT2D eigenvalue weighted by Gasteiger charge is 2.13. The Morgan fingerprint density at radius 3 is 2.68 bits per heavy atom. The first kappa shape index (κ1) is 16.4. The van der Waals surface area contributed by atoms with Crippen molar-refractivity contribution in [3.63, 3.8) is 0 Å². The summed E-state index contributed by atoms with van der Waals surface area (Å²) in [6, 6.07) is 9.58. The molecule has 0 saturated heterocycles. The van der Waals surface area contributed by atoms with Crippen molar-refractivity contribution < 1.29 is 18.7 Å². The molecule has 1 amide bonds. The molecule has 1 atom stereocenters. The van der Waals surface area contributed by atoms with Crippen LogP contribution in [0.2, 0.25) is 5.02 Å². The zero-order valence-corrected chi connectivity index (χ0v) is 12.3. The quantitative estimate of drug-likeness (QED) is 0.885. The molecule has 0 fully saturated rings. The maximum Gasteiger partial charge on any atom is 0.223 e. The lowest BCUT2D eigenvalue weighted by Crippen LogP contribution is -2.24. The SMILES string of the molecule is O=C(CC(O)c1cccc(F)c1)NCc1ccc(F)c(Cl)c1. The molecule has 0 aliphatic rings. The number of amides is 1. The molecule has 2 rings (SSSR count). The van der Waals surface area contributed by atoms with Gasteiger partial charge in [0.05, 0.1) is 17.5 Å².